The predicted octanol–water partition coefficient (Wildman–Crippen LogP) is 17.2. The van der Waals surface area contributed by atoms with Crippen molar-refractivity contribution >= 4 is 74.4 Å². The Morgan fingerprint density at radius 2 is 0.471 bits per heavy atom. The molecule has 10 heteroatoms. The van der Waals surface area contributed by atoms with Crippen molar-refractivity contribution < 1.29 is 34.3 Å². The van der Waals surface area contributed by atoms with Crippen molar-refractivity contribution in [1.29, 1.82) is 0 Å². The van der Waals surface area contributed by atoms with Crippen LogP contribution in [0.5, 0.6) is 0 Å². The second-order valence-corrected chi connectivity index (χ2v) is 18.7. The first kappa shape index (κ1) is 51.1. The number of aryl methyl sites for hydroxylation is 12. The minimum absolute atomic E-state index is 0. The Hall–Kier alpha value is -6.74. The van der Waals surface area contributed by atoms with E-state index in [1.54, 1.807) is 0 Å². The van der Waals surface area contributed by atoms with Crippen molar-refractivity contribution in [2.24, 2.45) is 20.0 Å². The maximum Gasteiger partial charge on any atom is 1.00 e. The van der Waals surface area contributed by atoms with E-state index in [0.717, 1.165) is 45.6 Å². The Kier molecular flexibility index (Phi) is 14.8. The molecule has 358 valence electrons. The number of hydrogen-bond donors (Lipinski definition) is 0. The van der Waals surface area contributed by atoms with E-state index >= 15 is 0 Å². The van der Waals surface area contributed by atoms with E-state index in [4.69, 9.17) is 20.0 Å². The molecule has 0 aromatic heterocycles. The van der Waals surface area contributed by atoms with Crippen molar-refractivity contribution in [3.63, 3.8) is 0 Å². The van der Waals surface area contributed by atoms with Crippen molar-refractivity contribution in [2.45, 2.75) is 83.1 Å². The molecule has 0 amide bonds. The van der Waals surface area contributed by atoms with E-state index in [1.807, 2.05) is 0 Å². The molecular formula is C60H56BCuF4N4. The van der Waals surface area contributed by atoms with Crippen molar-refractivity contribution in [3.05, 3.63) is 210 Å². The quantitative estimate of drug-likeness (QED) is 0.125. The summed E-state index contributed by atoms with van der Waals surface area (Å²) < 4.78 is 39.0. The van der Waals surface area contributed by atoms with Gasteiger partial charge in [-0.2, -0.15) is 0 Å². The van der Waals surface area contributed by atoms with Gasteiger partial charge >= 0.3 is 24.3 Å². The third-order valence-corrected chi connectivity index (χ3v) is 12.7. The van der Waals surface area contributed by atoms with Gasteiger partial charge in [-0.05, 0) is 138 Å². The second-order valence-electron chi connectivity index (χ2n) is 18.7. The molecular weight excluding hydrogens is 927 g/mol. The summed E-state index contributed by atoms with van der Waals surface area (Å²) in [4.78, 5) is 21.1. The van der Waals surface area contributed by atoms with Crippen LogP contribution in [0.4, 0.5) is 40.0 Å². The fourth-order valence-electron chi connectivity index (χ4n) is 10.3. The van der Waals surface area contributed by atoms with Gasteiger partial charge < -0.3 is 17.3 Å². The monoisotopic (exact) mass is 982 g/mol. The minimum Gasteiger partial charge on any atom is -0.418 e. The molecule has 0 aliphatic heterocycles. The molecule has 0 saturated carbocycles. The van der Waals surface area contributed by atoms with E-state index in [0.29, 0.717) is 0 Å². The van der Waals surface area contributed by atoms with Crippen LogP contribution in [0.3, 0.4) is 0 Å². The van der Waals surface area contributed by atoms with Crippen LogP contribution in [-0.4, -0.2) is 30.1 Å². The number of halogens is 4. The largest absolute Gasteiger partial charge is 1.00 e. The second kappa shape index (κ2) is 20.3. The van der Waals surface area contributed by atoms with Crippen LogP contribution in [0.2, 0.25) is 0 Å². The topological polar surface area (TPSA) is 49.4 Å². The summed E-state index contributed by atoms with van der Waals surface area (Å²) >= 11 is 0. The van der Waals surface area contributed by atoms with Gasteiger partial charge in [0.25, 0.3) is 0 Å². The Balaban J connectivity index is 0.000000186. The summed E-state index contributed by atoms with van der Waals surface area (Å²) in [6.07, 6.45) is 0. The third-order valence-electron chi connectivity index (χ3n) is 12.7. The maximum atomic E-state index is 9.75. The molecule has 0 saturated heterocycles. The van der Waals surface area contributed by atoms with Gasteiger partial charge in [0.15, 0.2) is 0 Å². The summed E-state index contributed by atoms with van der Waals surface area (Å²) in [6, 6.07) is 43.6. The molecule has 0 spiro atoms. The van der Waals surface area contributed by atoms with Gasteiger partial charge in [0, 0.05) is 33.0 Å². The molecule has 70 heavy (non-hydrogen) atoms. The summed E-state index contributed by atoms with van der Waals surface area (Å²) in [7, 11) is -6.00. The summed E-state index contributed by atoms with van der Waals surface area (Å²) in [5.74, 6) is 0. The van der Waals surface area contributed by atoms with Gasteiger partial charge in [-0.1, -0.05) is 144 Å². The van der Waals surface area contributed by atoms with Crippen LogP contribution in [0.15, 0.2) is 141 Å². The molecule has 0 heterocycles. The molecule has 10 rings (SSSR count). The first-order valence-corrected chi connectivity index (χ1v) is 23.3. The van der Waals surface area contributed by atoms with Gasteiger partial charge in [0.2, 0.25) is 0 Å². The van der Waals surface area contributed by atoms with E-state index in [9.17, 15) is 17.3 Å². The molecule has 2 aliphatic carbocycles. The Morgan fingerprint density at radius 3 is 0.643 bits per heavy atom. The molecule has 0 fully saturated rings. The minimum atomic E-state index is -6.00. The van der Waals surface area contributed by atoms with Crippen LogP contribution in [0, 0.1) is 83.1 Å². The summed E-state index contributed by atoms with van der Waals surface area (Å²) in [5.41, 5.74) is 27.3. The number of rotatable bonds is 4. The van der Waals surface area contributed by atoms with E-state index in [2.05, 4.69) is 204 Å². The molecule has 8 aromatic rings. The number of benzene rings is 8. The molecule has 0 N–H and O–H groups in total. The molecule has 4 nitrogen and oxygen atoms in total. The smallest absolute Gasteiger partial charge is 0.418 e. The maximum absolute atomic E-state index is 9.75. The molecule has 8 aromatic carbocycles. The predicted molar refractivity (Wildman–Crippen MR) is 285 cm³/mol. The SMILES string of the molecule is Cc1cc(C)c(N=C2C(=Nc3c(C)cc(C)cc3C)c3cccc4cccc2c34)c(C)c1.Cc1cc(C)c(N=C2C(=Nc3c(C)cc(C)cc3C)c3cccc4cccc2c34)c(C)c1.F[B-](F)(F)F.[Cu+]. The average Bonchev–Trinajstić information content (AvgIpc) is 3.72. The van der Waals surface area contributed by atoms with E-state index in [1.165, 1.54) is 111 Å². The fraction of sp³-hybridized carbons (Fsp3) is 0.200. The van der Waals surface area contributed by atoms with Crippen LogP contribution < -0.4 is 0 Å². The number of aliphatic imine (C=N–C) groups is 4. The molecule has 2 aliphatic rings. The molecule has 0 radical (unpaired) electrons. The standard InChI is InChI=1S/2C30H28N2.BF4.Cu/c2*1-17-13-19(3)27(20(4)14-17)31-29-24-11-7-9-23-10-8-12-25(26(23)24)30(29)32-28-21(5)15-18(2)16-22(28)6;2-1(3,4)5;/h2*7-16H,1-6H3;;/q;;-1;+1. The fourth-order valence-corrected chi connectivity index (χ4v) is 10.3. The summed E-state index contributed by atoms with van der Waals surface area (Å²) in [6.45, 7) is 25.7. The van der Waals surface area contributed by atoms with Crippen LogP contribution in [-0.2, 0) is 17.1 Å². The van der Waals surface area contributed by atoms with Gasteiger partial charge in [0.1, 0.15) is 0 Å². The Labute approximate surface area is 420 Å². The Bertz CT molecular complexity index is 2990. The third kappa shape index (κ3) is 10.5. The van der Waals surface area contributed by atoms with Crippen LogP contribution in [0.25, 0.3) is 21.5 Å². The van der Waals surface area contributed by atoms with Crippen molar-refractivity contribution in [1.82, 2.24) is 0 Å². The van der Waals surface area contributed by atoms with E-state index < -0.39 is 7.25 Å². The average molecular weight is 983 g/mol. The zero-order valence-corrected chi connectivity index (χ0v) is 42.7. The normalized spacial score (nSPS) is 14.9. The van der Waals surface area contributed by atoms with Crippen LogP contribution >= 0.6 is 0 Å². The first-order chi connectivity index (χ1) is 32.7. The zero-order chi connectivity index (χ0) is 49.6. The van der Waals surface area contributed by atoms with Gasteiger partial charge in [-0.25, -0.2) is 20.0 Å². The van der Waals surface area contributed by atoms with Gasteiger partial charge in [-0.3, -0.25) is 0 Å². The van der Waals surface area contributed by atoms with E-state index in [-0.39, 0.29) is 17.1 Å². The molecule has 0 atom stereocenters. The van der Waals surface area contributed by atoms with Crippen LogP contribution in [0.1, 0.15) is 89.0 Å². The first-order valence-electron chi connectivity index (χ1n) is 23.3. The molecule has 0 bridgehead atoms. The van der Waals surface area contributed by atoms with Gasteiger partial charge in [0.05, 0.1) is 45.6 Å². The summed E-state index contributed by atoms with van der Waals surface area (Å²) in [5, 5.41) is 4.95. The number of nitrogens with zero attached hydrogens (tertiary/aromatic N) is 4. The zero-order valence-electron chi connectivity index (χ0n) is 41.7. The van der Waals surface area contributed by atoms with Gasteiger partial charge in [-0.15, -0.1) is 0 Å². The molecule has 0 unspecified atom stereocenters. The number of hydrogen-bond acceptors (Lipinski definition) is 4. The van der Waals surface area contributed by atoms with Crippen molar-refractivity contribution in [2.75, 3.05) is 0 Å². The van der Waals surface area contributed by atoms with Crippen molar-refractivity contribution in [3.8, 4) is 0 Å². The Morgan fingerprint density at radius 1 is 0.300 bits per heavy atom.